The van der Waals surface area contributed by atoms with Crippen LogP contribution in [0.2, 0.25) is 0 Å². The molecule has 0 saturated carbocycles. The molecule has 2 aromatic carbocycles. The molecule has 0 aliphatic heterocycles. The molecule has 27 heavy (non-hydrogen) atoms. The van der Waals surface area contributed by atoms with Crippen molar-refractivity contribution in [1.29, 1.82) is 0 Å². The zero-order chi connectivity index (χ0) is 19.0. The van der Waals surface area contributed by atoms with Gasteiger partial charge in [-0.15, -0.1) is 0 Å². The monoisotopic (exact) mass is 358 g/mol. The Morgan fingerprint density at radius 2 is 1.70 bits per heavy atom. The molecule has 0 bridgehead atoms. The van der Waals surface area contributed by atoms with Crippen LogP contribution in [0.3, 0.4) is 0 Å². The second-order valence-electron chi connectivity index (χ2n) is 6.49. The SMILES string of the molecule is Cc1cc(C(=O)O[C@H](C)C(=O)c2c[nH]c3ccccc23)c2ccccc2n1. The Bertz CT molecular complexity index is 1180. The number of H-pyrrole nitrogens is 1. The summed E-state index contributed by atoms with van der Waals surface area (Å²) in [5.41, 5.74) is 3.24. The zero-order valence-corrected chi connectivity index (χ0v) is 15.0. The highest BCUT2D eigenvalue weighted by Gasteiger charge is 2.24. The van der Waals surface area contributed by atoms with Gasteiger partial charge in [0.2, 0.25) is 5.78 Å². The standard InChI is InChI=1S/C22H18N2O3/c1-13-11-17(15-7-4-6-10-20(15)24-13)22(26)27-14(2)21(25)18-12-23-19-9-5-3-8-16(18)19/h3-12,14,23H,1-2H3/t14-/m1/s1. The first-order chi connectivity index (χ1) is 13.0. The van der Waals surface area contributed by atoms with Crippen LogP contribution in [0.1, 0.15) is 33.3 Å². The number of hydrogen-bond donors (Lipinski definition) is 1. The number of ketones is 1. The molecule has 0 aliphatic rings. The molecule has 4 rings (SSSR count). The number of hydrogen-bond acceptors (Lipinski definition) is 4. The average molecular weight is 358 g/mol. The molecule has 0 radical (unpaired) electrons. The van der Waals surface area contributed by atoms with Crippen LogP contribution in [0, 0.1) is 6.92 Å². The van der Waals surface area contributed by atoms with Gasteiger partial charge in [0.15, 0.2) is 6.10 Å². The lowest BCUT2D eigenvalue weighted by molar-refractivity contribution is 0.0321. The maximum absolute atomic E-state index is 12.8. The van der Waals surface area contributed by atoms with Gasteiger partial charge in [0.25, 0.3) is 0 Å². The van der Waals surface area contributed by atoms with Crippen LogP contribution < -0.4 is 0 Å². The van der Waals surface area contributed by atoms with Gasteiger partial charge in [0.05, 0.1) is 11.1 Å². The van der Waals surface area contributed by atoms with E-state index in [1.807, 2.05) is 55.5 Å². The molecule has 134 valence electrons. The van der Waals surface area contributed by atoms with Gasteiger partial charge in [-0.3, -0.25) is 9.78 Å². The predicted octanol–water partition coefficient (Wildman–Crippen LogP) is 4.45. The Morgan fingerprint density at radius 1 is 1.00 bits per heavy atom. The molecular weight excluding hydrogens is 340 g/mol. The number of rotatable bonds is 4. The third kappa shape index (κ3) is 3.08. The normalized spacial score (nSPS) is 12.2. The molecule has 0 aliphatic carbocycles. The quantitative estimate of drug-likeness (QED) is 0.432. The number of fused-ring (bicyclic) bond motifs is 2. The first kappa shape index (κ1) is 17.0. The molecule has 1 N–H and O–H groups in total. The molecule has 1 atom stereocenters. The fraction of sp³-hybridized carbons (Fsp3) is 0.136. The van der Waals surface area contributed by atoms with E-state index in [4.69, 9.17) is 4.74 Å². The number of ether oxygens (including phenoxy) is 1. The van der Waals surface area contributed by atoms with Crippen LogP contribution in [-0.2, 0) is 4.74 Å². The highest BCUT2D eigenvalue weighted by Crippen LogP contribution is 2.22. The number of esters is 1. The van der Waals surface area contributed by atoms with Crippen LogP contribution in [0.25, 0.3) is 21.8 Å². The van der Waals surface area contributed by atoms with Gasteiger partial charge >= 0.3 is 5.97 Å². The van der Waals surface area contributed by atoms with E-state index in [1.54, 1.807) is 19.2 Å². The van der Waals surface area contributed by atoms with E-state index in [0.717, 1.165) is 22.1 Å². The molecule has 0 unspecified atom stereocenters. The number of nitrogens with one attached hydrogen (secondary N) is 1. The van der Waals surface area contributed by atoms with E-state index in [9.17, 15) is 9.59 Å². The second kappa shape index (κ2) is 6.68. The number of para-hydroxylation sites is 2. The van der Waals surface area contributed by atoms with Crippen LogP contribution in [0.5, 0.6) is 0 Å². The van der Waals surface area contributed by atoms with Gasteiger partial charge in [-0.1, -0.05) is 36.4 Å². The number of nitrogens with zero attached hydrogens (tertiary/aromatic N) is 1. The van der Waals surface area contributed by atoms with Crippen molar-refractivity contribution in [2.75, 3.05) is 0 Å². The van der Waals surface area contributed by atoms with Crippen molar-refractivity contribution in [1.82, 2.24) is 9.97 Å². The number of aryl methyl sites for hydroxylation is 1. The van der Waals surface area contributed by atoms with Crippen molar-refractivity contribution < 1.29 is 14.3 Å². The first-order valence-corrected chi connectivity index (χ1v) is 8.72. The van der Waals surface area contributed by atoms with E-state index in [2.05, 4.69) is 9.97 Å². The van der Waals surface area contributed by atoms with Crippen LogP contribution in [0.15, 0.2) is 60.8 Å². The number of pyridine rings is 1. The molecule has 4 aromatic rings. The molecule has 5 nitrogen and oxygen atoms in total. The molecule has 0 fully saturated rings. The minimum absolute atomic E-state index is 0.240. The summed E-state index contributed by atoms with van der Waals surface area (Å²) in [6, 6.07) is 16.6. The lowest BCUT2D eigenvalue weighted by Crippen LogP contribution is -2.24. The molecular formula is C22H18N2O3. The molecule has 2 heterocycles. The Morgan fingerprint density at radius 3 is 2.52 bits per heavy atom. The highest BCUT2D eigenvalue weighted by molar-refractivity contribution is 6.11. The number of aromatic nitrogens is 2. The largest absolute Gasteiger partial charge is 0.451 e. The van der Waals surface area contributed by atoms with Gasteiger partial charge in [-0.2, -0.15) is 0 Å². The van der Waals surface area contributed by atoms with Crippen LogP contribution in [-0.4, -0.2) is 27.8 Å². The maximum Gasteiger partial charge on any atom is 0.339 e. The Labute approximate surface area is 156 Å². The number of carbonyl (C=O) groups excluding carboxylic acids is 2. The summed E-state index contributed by atoms with van der Waals surface area (Å²) >= 11 is 0. The Balaban J connectivity index is 1.62. The fourth-order valence-electron chi connectivity index (χ4n) is 3.25. The average Bonchev–Trinajstić information content (AvgIpc) is 3.10. The summed E-state index contributed by atoms with van der Waals surface area (Å²) in [5.74, 6) is -0.770. The van der Waals surface area contributed by atoms with E-state index in [1.165, 1.54) is 0 Å². The molecule has 0 amide bonds. The van der Waals surface area contributed by atoms with Crippen LogP contribution in [0.4, 0.5) is 0 Å². The lowest BCUT2D eigenvalue weighted by Gasteiger charge is -2.13. The third-order valence-corrected chi connectivity index (χ3v) is 4.57. The third-order valence-electron chi connectivity index (χ3n) is 4.57. The first-order valence-electron chi connectivity index (χ1n) is 8.72. The highest BCUT2D eigenvalue weighted by atomic mass is 16.5. The zero-order valence-electron chi connectivity index (χ0n) is 15.0. The Hall–Kier alpha value is -3.47. The second-order valence-corrected chi connectivity index (χ2v) is 6.49. The summed E-state index contributed by atoms with van der Waals surface area (Å²) in [6.07, 6.45) is 0.757. The minimum atomic E-state index is -0.899. The van der Waals surface area contributed by atoms with Crippen LogP contribution >= 0.6 is 0 Å². The minimum Gasteiger partial charge on any atom is -0.451 e. The van der Waals surface area contributed by atoms with Crippen molar-refractivity contribution in [3.63, 3.8) is 0 Å². The van der Waals surface area contributed by atoms with Crippen molar-refractivity contribution in [3.05, 3.63) is 77.6 Å². The number of Topliss-reactive ketones (excluding diaryl/α,β-unsaturated/α-hetero) is 1. The van der Waals surface area contributed by atoms with E-state index < -0.39 is 12.1 Å². The summed E-state index contributed by atoms with van der Waals surface area (Å²) < 4.78 is 5.50. The van der Waals surface area contributed by atoms with Gasteiger partial charge in [-0.25, -0.2) is 4.79 Å². The summed E-state index contributed by atoms with van der Waals surface area (Å²) in [4.78, 5) is 33.1. The van der Waals surface area contributed by atoms with Crippen molar-refractivity contribution in [2.24, 2.45) is 0 Å². The van der Waals surface area contributed by atoms with E-state index in [-0.39, 0.29) is 5.78 Å². The predicted molar refractivity (Wildman–Crippen MR) is 104 cm³/mol. The topological polar surface area (TPSA) is 72.1 Å². The lowest BCUT2D eigenvalue weighted by atomic mass is 10.1. The van der Waals surface area contributed by atoms with Crippen molar-refractivity contribution in [2.45, 2.75) is 20.0 Å². The number of aromatic amines is 1. The van der Waals surface area contributed by atoms with Crippen molar-refractivity contribution in [3.8, 4) is 0 Å². The fourth-order valence-corrected chi connectivity index (χ4v) is 3.25. The number of benzene rings is 2. The smallest absolute Gasteiger partial charge is 0.339 e. The maximum atomic E-state index is 12.8. The van der Waals surface area contributed by atoms with Gasteiger partial charge in [-0.05, 0) is 32.0 Å². The number of carbonyl (C=O) groups is 2. The summed E-state index contributed by atoms with van der Waals surface area (Å²) in [7, 11) is 0. The summed E-state index contributed by atoms with van der Waals surface area (Å²) in [5, 5.41) is 1.52. The van der Waals surface area contributed by atoms with Crippen molar-refractivity contribution >= 4 is 33.6 Å². The molecule has 0 saturated heterocycles. The molecule has 0 spiro atoms. The van der Waals surface area contributed by atoms with Gasteiger partial charge in [0.1, 0.15) is 0 Å². The van der Waals surface area contributed by atoms with E-state index in [0.29, 0.717) is 16.5 Å². The Kier molecular flexibility index (Phi) is 4.20. The van der Waals surface area contributed by atoms with E-state index >= 15 is 0 Å². The molecule has 5 heteroatoms. The summed E-state index contributed by atoms with van der Waals surface area (Å²) in [6.45, 7) is 3.42. The van der Waals surface area contributed by atoms with Gasteiger partial charge < -0.3 is 9.72 Å². The molecule has 2 aromatic heterocycles. The van der Waals surface area contributed by atoms with Gasteiger partial charge in [0, 0.05) is 33.7 Å².